The van der Waals surface area contributed by atoms with Gasteiger partial charge in [0, 0.05) is 16.7 Å². The van der Waals surface area contributed by atoms with Crippen LogP contribution in [0.25, 0.3) is 0 Å². The maximum atomic E-state index is 2.57. The van der Waals surface area contributed by atoms with Gasteiger partial charge in [0.1, 0.15) is 0 Å². The summed E-state index contributed by atoms with van der Waals surface area (Å²) < 4.78 is 0. The van der Waals surface area contributed by atoms with E-state index in [4.69, 9.17) is 0 Å². The topological polar surface area (TPSA) is 0 Å². The summed E-state index contributed by atoms with van der Waals surface area (Å²) >= 11 is 2.02. The molecule has 0 radical (unpaired) electrons. The molecule has 0 aromatic carbocycles. The van der Waals surface area contributed by atoms with E-state index in [1.807, 2.05) is 11.8 Å². The Balaban J connectivity index is 1.61. The molecule has 2 atom stereocenters. The minimum Gasteiger partial charge on any atom is -0.0939 e. The molecule has 19 heavy (non-hydrogen) atoms. The van der Waals surface area contributed by atoms with Crippen LogP contribution in [0.5, 0.6) is 0 Å². The van der Waals surface area contributed by atoms with Crippen molar-refractivity contribution in [3.8, 4) is 0 Å². The molecule has 1 heterocycles. The summed E-state index contributed by atoms with van der Waals surface area (Å²) in [4.78, 5) is 3.13. The second-order valence-electron chi connectivity index (χ2n) is 5.94. The van der Waals surface area contributed by atoms with Crippen molar-refractivity contribution in [1.29, 1.82) is 0 Å². The van der Waals surface area contributed by atoms with Gasteiger partial charge in [0.05, 0.1) is 0 Å². The van der Waals surface area contributed by atoms with E-state index in [0.29, 0.717) is 11.8 Å². The summed E-state index contributed by atoms with van der Waals surface area (Å²) in [5, 5.41) is 0. The van der Waals surface area contributed by atoms with Crippen LogP contribution >= 0.6 is 11.8 Å². The maximum Gasteiger partial charge on any atom is 0.0195 e. The van der Waals surface area contributed by atoms with E-state index in [9.17, 15) is 0 Å². The number of hydrogen-bond acceptors (Lipinski definition) is 1. The molecule has 0 amide bonds. The lowest BCUT2D eigenvalue weighted by Crippen LogP contribution is -2.09. The van der Waals surface area contributed by atoms with E-state index in [-0.39, 0.29) is 0 Å². The molecule has 0 saturated carbocycles. The molecule has 1 heteroatoms. The third-order valence-corrected chi connectivity index (χ3v) is 5.99. The van der Waals surface area contributed by atoms with Gasteiger partial charge in [-0.15, -0.1) is 0 Å². The summed E-state index contributed by atoms with van der Waals surface area (Å²) in [6.45, 7) is 0. The molecule has 0 aromatic rings. The van der Waals surface area contributed by atoms with Gasteiger partial charge in [-0.25, -0.2) is 0 Å². The van der Waals surface area contributed by atoms with Crippen LogP contribution in [0.15, 0.2) is 57.4 Å². The number of thioether (sulfide) groups is 1. The Labute approximate surface area is 120 Å². The molecule has 1 unspecified atom stereocenters. The first-order valence-electron chi connectivity index (χ1n) is 7.57. The van der Waals surface area contributed by atoms with E-state index in [2.05, 4.69) is 36.5 Å². The first-order chi connectivity index (χ1) is 9.42. The second-order valence-corrected chi connectivity index (χ2v) is 7.06. The van der Waals surface area contributed by atoms with E-state index < -0.39 is 0 Å². The highest BCUT2D eigenvalue weighted by molar-refractivity contribution is 8.07. The normalized spacial score (nSPS) is 32.8. The van der Waals surface area contributed by atoms with Crippen molar-refractivity contribution < 1.29 is 0 Å². The average Bonchev–Trinajstić information content (AvgIpc) is 2.86. The first kappa shape index (κ1) is 11.8. The highest BCUT2D eigenvalue weighted by Crippen LogP contribution is 2.54. The molecule has 4 aliphatic rings. The number of fused-ring (bicyclic) bond motifs is 3. The van der Waals surface area contributed by atoms with Crippen LogP contribution in [0.4, 0.5) is 0 Å². The molecule has 1 fully saturated rings. The van der Waals surface area contributed by atoms with Crippen molar-refractivity contribution in [2.45, 2.75) is 38.5 Å². The van der Waals surface area contributed by atoms with Gasteiger partial charge >= 0.3 is 0 Å². The third-order valence-electron chi connectivity index (χ3n) is 4.75. The van der Waals surface area contributed by atoms with Crippen LogP contribution < -0.4 is 0 Å². The molecule has 3 aliphatic carbocycles. The SMILES string of the molecule is C1=CC[C@H]2C(=C1)SC1=CC(C3=CCCCC3)CC=C12. The molecule has 4 rings (SSSR count). The Morgan fingerprint density at radius 3 is 3.00 bits per heavy atom. The highest BCUT2D eigenvalue weighted by Gasteiger charge is 2.33. The lowest BCUT2D eigenvalue weighted by molar-refractivity contribution is 0.617. The average molecular weight is 268 g/mol. The summed E-state index contributed by atoms with van der Waals surface area (Å²) in [7, 11) is 0. The van der Waals surface area contributed by atoms with Gasteiger partial charge in [0.25, 0.3) is 0 Å². The standard InChI is InChI=1S/C18H20S/c1-2-6-13(7-3-1)14-10-11-16-15-8-4-5-9-17(15)19-18(16)12-14/h4-6,9,11-12,14-15H,1-3,7-8,10H2/t14?,15-/m1/s1. The number of allylic oxidation sites excluding steroid dienone is 9. The zero-order valence-corrected chi connectivity index (χ0v) is 12.1. The Morgan fingerprint density at radius 1 is 1.11 bits per heavy atom. The number of hydrogen-bond donors (Lipinski definition) is 0. The van der Waals surface area contributed by atoms with Gasteiger partial charge in [-0.2, -0.15) is 0 Å². The van der Waals surface area contributed by atoms with Crippen LogP contribution in [-0.4, -0.2) is 0 Å². The molecule has 0 nitrogen and oxygen atoms in total. The largest absolute Gasteiger partial charge is 0.0939 e. The maximum absolute atomic E-state index is 2.57. The van der Waals surface area contributed by atoms with Crippen molar-refractivity contribution in [3.63, 3.8) is 0 Å². The van der Waals surface area contributed by atoms with Crippen LogP contribution in [0.2, 0.25) is 0 Å². The van der Waals surface area contributed by atoms with E-state index >= 15 is 0 Å². The summed E-state index contributed by atoms with van der Waals surface area (Å²) in [5.74, 6) is 1.38. The number of rotatable bonds is 1. The monoisotopic (exact) mass is 268 g/mol. The van der Waals surface area contributed by atoms with Crippen molar-refractivity contribution in [3.05, 3.63) is 57.4 Å². The van der Waals surface area contributed by atoms with Gasteiger partial charge in [-0.1, -0.05) is 53.8 Å². The highest BCUT2D eigenvalue weighted by atomic mass is 32.2. The van der Waals surface area contributed by atoms with Crippen molar-refractivity contribution in [2.75, 3.05) is 0 Å². The summed E-state index contributed by atoms with van der Waals surface area (Å²) in [5.41, 5.74) is 3.32. The quantitative estimate of drug-likeness (QED) is 0.564. The van der Waals surface area contributed by atoms with E-state index in [1.165, 1.54) is 38.5 Å². The van der Waals surface area contributed by atoms with Crippen LogP contribution in [0, 0.1) is 11.8 Å². The van der Waals surface area contributed by atoms with Crippen LogP contribution in [-0.2, 0) is 0 Å². The smallest absolute Gasteiger partial charge is 0.0195 e. The molecular weight excluding hydrogens is 248 g/mol. The van der Waals surface area contributed by atoms with Gasteiger partial charge < -0.3 is 0 Å². The lowest BCUT2D eigenvalue weighted by atomic mass is 9.81. The van der Waals surface area contributed by atoms with Crippen molar-refractivity contribution >= 4 is 11.8 Å². The fourth-order valence-electron chi connectivity index (χ4n) is 3.69. The third kappa shape index (κ3) is 2.08. The van der Waals surface area contributed by atoms with Crippen molar-refractivity contribution in [2.24, 2.45) is 11.8 Å². The Bertz CT molecular complexity index is 542. The summed E-state index contributed by atoms with van der Waals surface area (Å²) in [6, 6.07) is 0. The van der Waals surface area contributed by atoms with Crippen LogP contribution in [0.1, 0.15) is 38.5 Å². The molecule has 0 spiro atoms. The summed E-state index contributed by atoms with van der Waals surface area (Å²) in [6.07, 6.45) is 22.3. The minimum atomic E-state index is 0.683. The van der Waals surface area contributed by atoms with Gasteiger partial charge in [-0.05, 0) is 49.0 Å². The Kier molecular flexibility index (Phi) is 3.03. The van der Waals surface area contributed by atoms with Gasteiger partial charge in [0.2, 0.25) is 0 Å². The molecule has 1 saturated heterocycles. The lowest BCUT2D eigenvalue weighted by Gasteiger charge is -2.24. The van der Waals surface area contributed by atoms with Gasteiger partial charge in [0.15, 0.2) is 0 Å². The Morgan fingerprint density at radius 2 is 2.11 bits per heavy atom. The van der Waals surface area contributed by atoms with Crippen molar-refractivity contribution in [1.82, 2.24) is 0 Å². The fraction of sp³-hybridized carbons (Fsp3) is 0.444. The predicted octanol–water partition coefficient (Wildman–Crippen LogP) is 5.52. The first-order valence-corrected chi connectivity index (χ1v) is 8.39. The van der Waals surface area contributed by atoms with E-state index in [1.54, 1.807) is 21.0 Å². The van der Waals surface area contributed by atoms with Crippen LogP contribution in [0.3, 0.4) is 0 Å². The zero-order chi connectivity index (χ0) is 12.7. The molecule has 0 bridgehead atoms. The predicted molar refractivity (Wildman–Crippen MR) is 83.7 cm³/mol. The Hall–Kier alpha value is -0.950. The van der Waals surface area contributed by atoms with Gasteiger partial charge in [-0.3, -0.25) is 0 Å². The molecule has 0 N–H and O–H groups in total. The zero-order valence-electron chi connectivity index (χ0n) is 11.3. The molecule has 0 aromatic heterocycles. The molecule has 1 aliphatic heterocycles. The minimum absolute atomic E-state index is 0.683. The second kappa shape index (κ2) is 4.86. The van der Waals surface area contributed by atoms with E-state index in [0.717, 1.165) is 0 Å². The molecule has 98 valence electrons. The fourth-order valence-corrected chi connectivity index (χ4v) is 5.03. The molecular formula is C18H20S.